The zero-order valence-electron chi connectivity index (χ0n) is 37.2. The van der Waals surface area contributed by atoms with Crippen LogP contribution in [0.15, 0.2) is 261 Å². The Balaban J connectivity index is 0.955. The van der Waals surface area contributed by atoms with E-state index in [1.165, 1.54) is 5.56 Å². The van der Waals surface area contributed by atoms with Gasteiger partial charge in [0, 0.05) is 50.1 Å². The van der Waals surface area contributed by atoms with Crippen molar-refractivity contribution in [2.24, 2.45) is 0 Å². The Morgan fingerprint density at radius 2 is 0.853 bits per heavy atom. The first-order chi connectivity index (χ1) is 33.7. The summed E-state index contributed by atoms with van der Waals surface area (Å²) in [5.41, 5.74) is 16.9. The van der Waals surface area contributed by atoms with Crippen LogP contribution < -0.4 is 10.2 Å². The molecule has 0 aliphatic carbocycles. The molecule has 0 saturated carbocycles. The lowest BCUT2D eigenvalue weighted by molar-refractivity contribution is 0.679. The van der Waals surface area contributed by atoms with E-state index in [2.05, 4.69) is 276 Å². The van der Waals surface area contributed by atoms with Crippen molar-refractivity contribution < 1.29 is 0 Å². The number of fused-ring (bicyclic) bond motifs is 1. The van der Waals surface area contributed by atoms with E-state index in [9.17, 15) is 0 Å². The van der Waals surface area contributed by atoms with Crippen molar-refractivity contribution in [3.63, 3.8) is 0 Å². The summed E-state index contributed by atoms with van der Waals surface area (Å²) in [5.74, 6) is 0.882. The summed E-state index contributed by atoms with van der Waals surface area (Å²) in [4.78, 5) is 13.3. The van der Waals surface area contributed by atoms with Crippen molar-refractivity contribution in [1.82, 2.24) is 19.9 Å². The number of aromatic nitrogens is 3. The fourth-order valence-corrected chi connectivity index (χ4v) is 9.61. The lowest BCUT2D eigenvalue weighted by Crippen LogP contribution is -2.28. The average molecular weight is 872 g/mol. The molecule has 0 saturated heterocycles. The fraction of sp³-hybridized carbons (Fsp3) is 0.0159. The fourth-order valence-electron chi connectivity index (χ4n) is 9.61. The number of benzene rings is 9. The Morgan fingerprint density at radius 1 is 0.368 bits per heavy atom. The molecule has 11 aromatic rings. The van der Waals surface area contributed by atoms with Crippen LogP contribution in [-0.4, -0.2) is 14.5 Å². The Bertz CT molecular complexity index is 3540. The first-order valence-corrected chi connectivity index (χ1v) is 23.1. The molecule has 68 heavy (non-hydrogen) atoms. The highest BCUT2D eigenvalue weighted by Gasteiger charge is 2.35. The predicted molar refractivity (Wildman–Crippen MR) is 281 cm³/mol. The summed E-state index contributed by atoms with van der Waals surface area (Å²) >= 11 is 0. The summed E-state index contributed by atoms with van der Waals surface area (Å²) in [6.07, 6.45) is -0.124. The minimum absolute atomic E-state index is 0.124. The van der Waals surface area contributed by atoms with E-state index < -0.39 is 0 Å². The van der Waals surface area contributed by atoms with Crippen LogP contribution in [0.1, 0.15) is 22.9 Å². The Morgan fingerprint density at radius 3 is 1.49 bits per heavy atom. The number of imidazole rings is 1. The summed E-state index contributed by atoms with van der Waals surface area (Å²) in [7, 11) is 0. The van der Waals surface area contributed by atoms with Gasteiger partial charge >= 0.3 is 0 Å². The van der Waals surface area contributed by atoms with Gasteiger partial charge in [0.25, 0.3) is 0 Å². The molecule has 1 aliphatic heterocycles. The third kappa shape index (κ3) is 7.52. The molecule has 0 amide bonds. The highest BCUT2D eigenvalue weighted by molar-refractivity contribution is 6.01. The molecule has 5 heteroatoms. The highest BCUT2D eigenvalue weighted by atomic mass is 15.3. The molecule has 0 radical (unpaired) electrons. The van der Waals surface area contributed by atoms with E-state index in [4.69, 9.17) is 9.97 Å². The van der Waals surface area contributed by atoms with Gasteiger partial charge in [-0.2, -0.15) is 0 Å². The molecular formula is C63H45N5. The van der Waals surface area contributed by atoms with Crippen LogP contribution in [-0.2, 0) is 0 Å². The Labute approximate surface area is 396 Å². The standard InChI is InChI=1S/C63H45N5/c1-7-21-45(22-8-1)58-60(48-25-11-3-12-26-48)67(62(65-58)50-29-15-5-16-30-50)53-39-35-44(36-40-53)56-43-52-33-19-20-34-55(52)57(64-56)47-37-41-54(42-38-47)68-61(49-27-13-4-14-28-49)59(46-23-9-2-10-24-46)66-63(68)51-31-17-6-18-32-51/h1-43,62,65H. The lowest BCUT2D eigenvalue weighted by atomic mass is 10.00. The minimum Gasteiger partial charge on any atom is -0.359 e. The number of anilines is 1. The number of nitrogens with zero attached hydrogens (tertiary/aromatic N) is 4. The predicted octanol–water partition coefficient (Wildman–Crippen LogP) is 15.4. The van der Waals surface area contributed by atoms with Gasteiger partial charge in [0.05, 0.1) is 34.2 Å². The van der Waals surface area contributed by atoms with Crippen molar-refractivity contribution in [3.05, 3.63) is 278 Å². The summed E-state index contributed by atoms with van der Waals surface area (Å²) in [6, 6.07) is 92.0. The largest absolute Gasteiger partial charge is 0.359 e. The van der Waals surface area contributed by atoms with E-state index in [1.54, 1.807) is 0 Å². The van der Waals surface area contributed by atoms with E-state index in [1.807, 2.05) is 0 Å². The van der Waals surface area contributed by atoms with Gasteiger partial charge in [-0.3, -0.25) is 4.57 Å². The smallest absolute Gasteiger partial charge is 0.145 e. The monoisotopic (exact) mass is 871 g/mol. The van der Waals surface area contributed by atoms with Gasteiger partial charge in [-0.05, 0) is 46.8 Å². The minimum atomic E-state index is -0.124. The molecule has 1 atom stereocenters. The van der Waals surface area contributed by atoms with Crippen LogP contribution in [0.4, 0.5) is 5.69 Å². The SMILES string of the molecule is c1ccc(C2=C(c3ccccc3)N(c3ccc(-c4cc5ccccc5c(-c5ccc(-n6c(-c7ccccc7)nc(-c7ccccc7)c6-c6ccccc6)cc5)n4)cc3)C(c3ccccc3)N2)cc1. The third-order valence-corrected chi connectivity index (χ3v) is 12.8. The summed E-state index contributed by atoms with van der Waals surface area (Å²) in [5, 5.41) is 6.18. The molecule has 0 bridgehead atoms. The molecule has 3 heterocycles. The zero-order valence-corrected chi connectivity index (χ0v) is 37.2. The molecule has 1 aliphatic rings. The molecule has 322 valence electrons. The maximum Gasteiger partial charge on any atom is 0.145 e. The number of pyridine rings is 1. The van der Waals surface area contributed by atoms with E-state index >= 15 is 0 Å². The van der Waals surface area contributed by atoms with Crippen molar-refractivity contribution in [3.8, 4) is 62.1 Å². The second-order valence-electron chi connectivity index (χ2n) is 17.0. The van der Waals surface area contributed by atoms with Crippen molar-refractivity contribution >= 4 is 27.9 Å². The molecule has 0 spiro atoms. The molecule has 9 aromatic carbocycles. The van der Waals surface area contributed by atoms with Crippen molar-refractivity contribution in [2.75, 3.05) is 4.90 Å². The molecule has 1 N–H and O–H groups in total. The maximum absolute atomic E-state index is 5.47. The van der Waals surface area contributed by atoms with Gasteiger partial charge in [0.15, 0.2) is 0 Å². The van der Waals surface area contributed by atoms with Crippen molar-refractivity contribution in [2.45, 2.75) is 6.17 Å². The highest BCUT2D eigenvalue weighted by Crippen LogP contribution is 2.45. The van der Waals surface area contributed by atoms with Gasteiger partial charge in [-0.15, -0.1) is 0 Å². The summed E-state index contributed by atoms with van der Waals surface area (Å²) < 4.78 is 2.31. The Kier molecular flexibility index (Phi) is 10.5. The van der Waals surface area contributed by atoms with Gasteiger partial charge in [-0.25, -0.2) is 9.97 Å². The van der Waals surface area contributed by atoms with Crippen LogP contribution >= 0.6 is 0 Å². The first-order valence-electron chi connectivity index (χ1n) is 23.1. The van der Waals surface area contributed by atoms with E-state index in [-0.39, 0.29) is 6.17 Å². The van der Waals surface area contributed by atoms with Gasteiger partial charge in [-0.1, -0.05) is 231 Å². The van der Waals surface area contributed by atoms with Gasteiger partial charge in [0.2, 0.25) is 0 Å². The average Bonchev–Trinajstić information content (AvgIpc) is 4.03. The van der Waals surface area contributed by atoms with Gasteiger partial charge in [0.1, 0.15) is 12.0 Å². The van der Waals surface area contributed by atoms with Crippen LogP contribution in [0.25, 0.3) is 84.3 Å². The number of rotatable bonds is 10. The molecule has 5 nitrogen and oxygen atoms in total. The zero-order chi connectivity index (χ0) is 45.2. The molecule has 1 unspecified atom stereocenters. The number of nitrogens with one attached hydrogen (secondary N) is 1. The second-order valence-corrected chi connectivity index (χ2v) is 17.0. The van der Waals surface area contributed by atoms with Crippen LogP contribution in [0, 0.1) is 0 Å². The van der Waals surface area contributed by atoms with Crippen molar-refractivity contribution in [1.29, 1.82) is 0 Å². The third-order valence-electron chi connectivity index (χ3n) is 12.8. The summed E-state index contributed by atoms with van der Waals surface area (Å²) in [6.45, 7) is 0. The van der Waals surface area contributed by atoms with Crippen LogP contribution in [0.5, 0.6) is 0 Å². The normalized spacial score (nSPS) is 13.5. The van der Waals surface area contributed by atoms with E-state index in [0.717, 1.165) is 101 Å². The van der Waals surface area contributed by atoms with Gasteiger partial charge < -0.3 is 10.2 Å². The molecular weight excluding hydrogens is 827 g/mol. The number of hydrogen-bond acceptors (Lipinski definition) is 4. The Hall–Kier alpha value is -9.06. The number of hydrogen-bond donors (Lipinski definition) is 1. The second kappa shape index (κ2) is 17.7. The topological polar surface area (TPSA) is 46.0 Å². The molecule has 0 fully saturated rings. The molecule has 2 aromatic heterocycles. The van der Waals surface area contributed by atoms with Crippen LogP contribution in [0.2, 0.25) is 0 Å². The first kappa shape index (κ1) is 40.4. The quantitative estimate of drug-likeness (QED) is 0.149. The van der Waals surface area contributed by atoms with Crippen LogP contribution in [0.3, 0.4) is 0 Å². The maximum atomic E-state index is 5.47. The molecule has 12 rings (SSSR count). The lowest BCUT2D eigenvalue weighted by Gasteiger charge is -2.30. The van der Waals surface area contributed by atoms with E-state index in [0.29, 0.717) is 0 Å².